The van der Waals surface area contributed by atoms with Gasteiger partial charge in [-0.1, -0.05) is 6.92 Å². The standard InChI is InChI=1S/C16H19BrN2O4S/c1-3-4-23-15-12(17)5-10(6-13(15)22-2)8-18-16-19-11(9-24-16)7-14(20)21/h5-6,9H,3-4,7-8H2,1-2H3,(H,18,19)(H,20,21). The molecule has 0 aliphatic rings. The number of halogens is 1. The summed E-state index contributed by atoms with van der Waals surface area (Å²) >= 11 is 4.90. The molecule has 24 heavy (non-hydrogen) atoms. The predicted octanol–water partition coefficient (Wildman–Crippen LogP) is 3.94. The van der Waals surface area contributed by atoms with Crippen molar-refractivity contribution in [2.75, 3.05) is 19.0 Å². The number of hydrogen-bond acceptors (Lipinski definition) is 6. The summed E-state index contributed by atoms with van der Waals surface area (Å²) in [7, 11) is 1.61. The topological polar surface area (TPSA) is 80.7 Å². The summed E-state index contributed by atoms with van der Waals surface area (Å²) in [6, 6.07) is 3.88. The van der Waals surface area contributed by atoms with Crippen LogP contribution in [0.5, 0.6) is 11.5 Å². The number of carboxylic acids is 1. The van der Waals surface area contributed by atoms with Crippen LogP contribution in [0.15, 0.2) is 22.0 Å². The smallest absolute Gasteiger partial charge is 0.309 e. The maximum Gasteiger partial charge on any atom is 0.309 e. The van der Waals surface area contributed by atoms with Gasteiger partial charge in [0.1, 0.15) is 0 Å². The molecule has 1 aromatic carbocycles. The van der Waals surface area contributed by atoms with Crippen LogP contribution in [-0.2, 0) is 17.8 Å². The highest BCUT2D eigenvalue weighted by Crippen LogP contribution is 2.37. The minimum absolute atomic E-state index is 0.0684. The van der Waals surface area contributed by atoms with Gasteiger partial charge in [-0.25, -0.2) is 4.98 Å². The molecule has 1 heterocycles. The van der Waals surface area contributed by atoms with Crippen molar-refractivity contribution >= 4 is 38.4 Å². The van der Waals surface area contributed by atoms with Gasteiger partial charge in [-0.3, -0.25) is 4.79 Å². The molecule has 0 aliphatic heterocycles. The first-order chi connectivity index (χ1) is 11.5. The number of ether oxygens (including phenoxy) is 2. The zero-order valence-corrected chi connectivity index (χ0v) is 15.9. The molecular formula is C16H19BrN2O4S. The number of thiazole rings is 1. The van der Waals surface area contributed by atoms with Crippen molar-refractivity contribution in [2.45, 2.75) is 26.3 Å². The number of anilines is 1. The quantitative estimate of drug-likeness (QED) is 0.646. The number of hydrogen-bond donors (Lipinski definition) is 2. The average molecular weight is 415 g/mol. The van der Waals surface area contributed by atoms with E-state index >= 15 is 0 Å². The van der Waals surface area contributed by atoms with E-state index in [9.17, 15) is 4.79 Å². The molecular weight excluding hydrogens is 396 g/mol. The summed E-state index contributed by atoms with van der Waals surface area (Å²) in [5.41, 5.74) is 1.55. The highest BCUT2D eigenvalue weighted by Gasteiger charge is 2.12. The van der Waals surface area contributed by atoms with Gasteiger partial charge in [0.2, 0.25) is 0 Å². The second-order valence-electron chi connectivity index (χ2n) is 5.03. The summed E-state index contributed by atoms with van der Waals surface area (Å²) in [6.45, 7) is 3.21. The van der Waals surface area contributed by atoms with Crippen LogP contribution in [0.2, 0.25) is 0 Å². The predicted molar refractivity (Wildman–Crippen MR) is 97.3 cm³/mol. The zero-order chi connectivity index (χ0) is 17.5. The molecule has 0 saturated carbocycles. The van der Waals surface area contributed by atoms with Crippen LogP contribution in [0.1, 0.15) is 24.6 Å². The van der Waals surface area contributed by atoms with Gasteiger partial charge in [-0.05, 0) is 40.0 Å². The van der Waals surface area contributed by atoms with Gasteiger partial charge in [-0.15, -0.1) is 11.3 Å². The molecule has 2 N–H and O–H groups in total. The summed E-state index contributed by atoms with van der Waals surface area (Å²) in [6.07, 6.45) is 0.850. The van der Waals surface area contributed by atoms with Gasteiger partial charge >= 0.3 is 5.97 Å². The Hall–Kier alpha value is -1.80. The minimum atomic E-state index is -0.886. The van der Waals surface area contributed by atoms with E-state index in [2.05, 4.69) is 26.2 Å². The molecule has 6 nitrogen and oxygen atoms in total. The van der Waals surface area contributed by atoms with Crippen LogP contribution < -0.4 is 14.8 Å². The SMILES string of the molecule is CCCOc1c(Br)cc(CNc2nc(CC(=O)O)cs2)cc1OC. The van der Waals surface area contributed by atoms with E-state index in [-0.39, 0.29) is 6.42 Å². The van der Waals surface area contributed by atoms with E-state index in [1.807, 2.05) is 19.1 Å². The second kappa shape index (κ2) is 8.89. The summed E-state index contributed by atoms with van der Waals surface area (Å²) in [5.74, 6) is 0.476. The Labute approximate surface area is 153 Å². The fraction of sp³-hybridized carbons (Fsp3) is 0.375. The normalized spacial score (nSPS) is 10.5. The van der Waals surface area contributed by atoms with Gasteiger partial charge in [0.15, 0.2) is 16.6 Å². The van der Waals surface area contributed by atoms with E-state index in [1.54, 1.807) is 12.5 Å². The first kappa shape index (κ1) is 18.5. The lowest BCUT2D eigenvalue weighted by molar-refractivity contribution is -0.136. The van der Waals surface area contributed by atoms with E-state index in [0.29, 0.717) is 35.5 Å². The minimum Gasteiger partial charge on any atom is -0.493 e. The molecule has 0 radical (unpaired) electrons. The number of methoxy groups -OCH3 is 1. The molecule has 0 amide bonds. The highest BCUT2D eigenvalue weighted by molar-refractivity contribution is 9.10. The Morgan fingerprint density at radius 2 is 2.25 bits per heavy atom. The van der Waals surface area contributed by atoms with Crippen LogP contribution in [0.25, 0.3) is 0 Å². The molecule has 8 heteroatoms. The molecule has 0 bridgehead atoms. The molecule has 0 saturated heterocycles. The zero-order valence-electron chi connectivity index (χ0n) is 13.5. The number of aromatic nitrogens is 1. The Balaban J connectivity index is 2.05. The fourth-order valence-electron chi connectivity index (χ4n) is 2.02. The fourth-order valence-corrected chi connectivity index (χ4v) is 3.33. The summed E-state index contributed by atoms with van der Waals surface area (Å²) < 4.78 is 11.9. The lowest BCUT2D eigenvalue weighted by Crippen LogP contribution is -2.04. The van der Waals surface area contributed by atoms with Crippen molar-refractivity contribution in [3.05, 3.63) is 33.2 Å². The largest absolute Gasteiger partial charge is 0.493 e. The van der Waals surface area contributed by atoms with Crippen LogP contribution >= 0.6 is 27.3 Å². The van der Waals surface area contributed by atoms with Crippen LogP contribution in [0.3, 0.4) is 0 Å². The molecule has 0 spiro atoms. The van der Waals surface area contributed by atoms with E-state index in [4.69, 9.17) is 14.6 Å². The van der Waals surface area contributed by atoms with E-state index in [1.165, 1.54) is 11.3 Å². The number of nitrogens with one attached hydrogen (secondary N) is 1. The number of aliphatic carboxylic acids is 1. The number of carboxylic acid groups (broad SMARTS) is 1. The second-order valence-corrected chi connectivity index (χ2v) is 6.74. The lowest BCUT2D eigenvalue weighted by Gasteiger charge is -2.14. The molecule has 2 rings (SSSR count). The summed E-state index contributed by atoms with van der Waals surface area (Å²) in [5, 5.41) is 14.4. The van der Waals surface area contributed by atoms with Gasteiger partial charge in [0.05, 0.1) is 30.3 Å². The number of nitrogens with zero attached hydrogens (tertiary/aromatic N) is 1. The van der Waals surface area contributed by atoms with Gasteiger partial charge < -0.3 is 19.9 Å². The molecule has 130 valence electrons. The van der Waals surface area contributed by atoms with E-state index in [0.717, 1.165) is 16.5 Å². The maximum absolute atomic E-state index is 10.7. The average Bonchev–Trinajstić information content (AvgIpc) is 2.98. The molecule has 0 fully saturated rings. The van der Waals surface area contributed by atoms with Gasteiger partial charge in [-0.2, -0.15) is 0 Å². The Kier molecular flexibility index (Phi) is 6.86. The van der Waals surface area contributed by atoms with Crippen molar-refractivity contribution in [2.24, 2.45) is 0 Å². The Morgan fingerprint density at radius 3 is 2.92 bits per heavy atom. The summed E-state index contributed by atoms with van der Waals surface area (Å²) in [4.78, 5) is 14.9. The maximum atomic E-state index is 10.7. The third-order valence-corrected chi connectivity index (χ3v) is 4.51. The molecule has 0 atom stereocenters. The van der Waals surface area contributed by atoms with Crippen LogP contribution in [0, 0.1) is 0 Å². The van der Waals surface area contributed by atoms with Crippen molar-refractivity contribution in [3.63, 3.8) is 0 Å². The Bertz CT molecular complexity index is 705. The van der Waals surface area contributed by atoms with Crippen molar-refractivity contribution < 1.29 is 19.4 Å². The monoisotopic (exact) mass is 414 g/mol. The molecule has 0 unspecified atom stereocenters. The highest BCUT2D eigenvalue weighted by atomic mass is 79.9. The van der Waals surface area contributed by atoms with E-state index < -0.39 is 5.97 Å². The third-order valence-electron chi connectivity index (χ3n) is 3.07. The van der Waals surface area contributed by atoms with Crippen molar-refractivity contribution in [3.8, 4) is 11.5 Å². The third kappa shape index (κ3) is 5.10. The molecule has 0 aliphatic carbocycles. The number of benzene rings is 1. The van der Waals surface area contributed by atoms with Gasteiger partial charge in [0, 0.05) is 11.9 Å². The molecule has 1 aromatic heterocycles. The van der Waals surface area contributed by atoms with Crippen molar-refractivity contribution in [1.29, 1.82) is 0 Å². The van der Waals surface area contributed by atoms with Crippen LogP contribution in [-0.4, -0.2) is 29.8 Å². The first-order valence-electron chi connectivity index (χ1n) is 7.42. The molecule has 2 aromatic rings. The van der Waals surface area contributed by atoms with Crippen molar-refractivity contribution in [1.82, 2.24) is 4.98 Å². The number of rotatable bonds is 9. The number of carbonyl (C=O) groups is 1. The lowest BCUT2D eigenvalue weighted by atomic mass is 10.2. The Morgan fingerprint density at radius 1 is 1.46 bits per heavy atom. The van der Waals surface area contributed by atoms with Crippen LogP contribution in [0.4, 0.5) is 5.13 Å². The van der Waals surface area contributed by atoms with Gasteiger partial charge in [0.25, 0.3) is 0 Å². The first-order valence-corrected chi connectivity index (χ1v) is 9.10.